The van der Waals surface area contributed by atoms with Gasteiger partial charge in [0.1, 0.15) is 0 Å². The van der Waals surface area contributed by atoms with Crippen molar-refractivity contribution < 1.29 is 9.84 Å². The molecule has 0 saturated carbocycles. The summed E-state index contributed by atoms with van der Waals surface area (Å²) in [7, 11) is 0. The summed E-state index contributed by atoms with van der Waals surface area (Å²) in [4.78, 5) is 0. The van der Waals surface area contributed by atoms with Gasteiger partial charge in [-0.05, 0) is 12.5 Å². The smallest absolute Gasteiger partial charge is 0.0997 e. The van der Waals surface area contributed by atoms with Crippen molar-refractivity contribution in [3.05, 3.63) is 35.9 Å². The summed E-state index contributed by atoms with van der Waals surface area (Å²) in [6.45, 7) is 2.44. The van der Waals surface area contributed by atoms with Crippen molar-refractivity contribution in [1.82, 2.24) is 0 Å². The van der Waals surface area contributed by atoms with Gasteiger partial charge in [-0.15, -0.1) is 0 Å². The maximum Gasteiger partial charge on any atom is 0.0997 e. The van der Waals surface area contributed by atoms with Gasteiger partial charge >= 0.3 is 0 Å². The lowest BCUT2D eigenvalue weighted by molar-refractivity contribution is 0.0277. The number of nitrogens with two attached hydrogens (primary N) is 1. The van der Waals surface area contributed by atoms with E-state index < -0.39 is 0 Å². The number of rotatable bonds is 5. The maximum absolute atomic E-state index is 8.99. The second kappa shape index (κ2) is 5.75. The second-order valence-electron chi connectivity index (χ2n) is 3.13. The normalized spacial score (nSPS) is 15.1. The van der Waals surface area contributed by atoms with E-state index in [1.165, 1.54) is 0 Å². The number of benzene rings is 1. The largest absolute Gasteiger partial charge is 0.395 e. The van der Waals surface area contributed by atoms with Crippen molar-refractivity contribution >= 4 is 0 Å². The molecule has 0 bridgehead atoms. The van der Waals surface area contributed by atoms with E-state index in [0.29, 0.717) is 6.61 Å². The van der Waals surface area contributed by atoms with Gasteiger partial charge in [-0.25, -0.2) is 0 Å². The Morgan fingerprint density at radius 3 is 2.50 bits per heavy atom. The summed E-state index contributed by atoms with van der Waals surface area (Å²) in [5.41, 5.74) is 6.77. The van der Waals surface area contributed by atoms with Crippen molar-refractivity contribution in [3.8, 4) is 0 Å². The number of aliphatic hydroxyl groups excluding tert-OH is 1. The topological polar surface area (TPSA) is 55.5 Å². The molecule has 1 aromatic carbocycles. The van der Waals surface area contributed by atoms with Crippen LogP contribution in [0.3, 0.4) is 0 Å². The predicted octanol–water partition coefficient (Wildman–Crippen LogP) is 1.08. The van der Waals surface area contributed by atoms with Crippen LogP contribution < -0.4 is 5.73 Å². The van der Waals surface area contributed by atoms with E-state index in [4.69, 9.17) is 15.6 Å². The minimum Gasteiger partial charge on any atom is -0.395 e. The molecule has 1 aromatic rings. The van der Waals surface area contributed by atoms with E-state index in [9.17, 15) is 0 Å². The van der Waals surface area contributed by atoms with E-state index in [1.54, 1.807) is 0 Å². The Morgan fingerprint density at radius 1 is 1.36 bits per heavy atom. The minimum atomic E-state index is -0.364. The molecule has 78 valence electrons. The maximum atomic E-state index is 8.99. The van der Waals surface area contributed by atoms with Crippen LogP contribution in [-0.4, -0.2) is 24.4 Å². The number of aliphatic hydroxyl groups is 1. The first-order valence-corrected chi connectivity index (χ1v) is 4.82. The van der Waals surface area contributed by atoms with Crippen LogP contribution in [0.5, 0.6) is 0 Å². The summed E-state index contributed by atoms with van der Waals surface area (Å²) in [5.74, 6) is 0. The third kappa shape index (κ3) is 2.80. The van der Waals surface area contributed by atoms with Crippen molar-refractivity contribution in [3.63, 3.8) is 0 Å². The monoisotopic (exact) mass is 195 g/mol. The molecule has 0 aliphatic carbocycles. The molecule has 0 saturated heterocycles. The molecule has 2 atom stereocenters. The highest BCUT2D eigenvalue weighted by Crippen LogP contribution is 2.19. The zero-order chi connectivity index (χ0) is 10.4. The third-order valence-electron chi connectivity index (χ3n) is 2.07. The first-order valence-electron chi connectivity index (χ1n) is 4.82. The fraction of sp³-hybridized carbons (Fsp3) is 0.455. The van der Waals surface area contributed by atoms with E-state index >= 15 is 0 Å². The molecular formula is C11H17NO2. The van der Waals surface area contributed by atoms with E-state index in [2.05, 4.69) is 0 Å². The van der Waals surface area contributed by atoms with E-state index in [-0.39, 0.29) is 18.8 Å². The van der Waals surface area contributed by atoms with Crippen molar-refractivity contribution in [2.75, 3.05) is 13.2 Å². The molecule has 3 heteroatoms. The fourth-order valence-corrected chi connectivity index (χ4v) is 1.39. The molecule has 2 unspecified atom stereocenters. The highest BCUT2D eigenvalue weighted by Gasteiger charge is 2.18. The molecule has 0 heterocycles. The van der Waals surface area contributed by atoms with Crippen molar-refractivity contribution in [2.45, 2.75) is 19.1 Å². The van der Waals surface area contributed by atoms with E-state index in [1.807, 2.05) is 37.3 Å². The average Bonchev–Trinajstić information content (AvgIpc) is 2.26. The fourth-order valence-electron chi connectivity index (χ4n) is 1.39. The Labute approximate surface area is 84.5 Å². The van der Waals surface area contributed by atoms with Gasteiger partial charge in [0.25, 0.3) is 0 Å². The van der Waals surface area contributed by atoms with Gasteiger partial charge in [0.15, 0.2) is 0 Å². The van der Waals surface area contributed by atoms with Gasteiger partial charge in [-0.3, -0.25) is 0 Å². The van der Waals surface area contributed by atoms with Crippen LogP contribution in [0.15, 0.2) is 30.3 Å². The Hall–Kier alpha value is -0.900. The Kier molecular flexibility index (Phi) is 4.59. The summed E-state index contributed by atoms with van der Waals surface area (Å²) >= 11 is 0. The molecular weight excluding hydrogens is 178 g/mol. The predicted molar refractivity (Wildman–Crippen MR) is 55.9 cm³/mol. The molecule has 1 rings (SSSR count). The molecule has 0 amide bonds. The molecule has 0 aliphatic heterocycles. The molecule has 14 heavy (non-hydrogen) atoms. The minimum absolute atomic E-state index is 0.0699. The zero-order valence-electron chi connectivity index (χ0n) is 8.39. The number of hydrogen-bond donors (Lipinski definition) is 2. The summed E-state index contributed by atoms with van der Waals surface area (Å²) in [5, 5.41) is 8.99. The molecule has 3 N–H and O–H groups in total. The van der Waals surface area contributed by atoms with Gasteiger partial charge in [-0.2, -0.15) is 0 Å². The van der Waals surface area contributed by atoms with Gasteiger partial charge in [0.2, 0.25) is 0 Å². The standard InChI is InChI=1S/C11H17NO2/c1-2-14-11(10(12)8-13)9-6-4-3-5-7-9/h3-7,10-11,13H,2,8,12H2,1H3. The van der Waals surface area contributed by atoms with Crippen LogP contribution in [0.25, 0.3) is 0 Å². The summed E-state index contributed by atoms with van der Waals surface area (Å²) < 4.78 is 5.50. The highest BCUT2D eigenvalue weighted by atomic mass is 16.5. The quantitative estimate of drug-likeness (QED) is 0.739. The SMILES string of the molecule is CCOC(c1ccccc1)C(N)CO. The van der Waals surface area contributed by atoms with Crippen LogP contribution in [-0.2, 0) is 4.74 Å². The van der Waals surface area contributed by atoms with Crippen LogP contribution >= 0.6 is 0 Å². The van der Waals surface area contributed by atoms with Crippen LogP contribution in [0.1, 0.15) is 18.6 Å². The van der Waals surface area contributed by atoms with Gasteiger partial charge in [-0.1, -0.05) is 30.3 Å². The average molecular weight is 195 g/mol. The molecule has 0 aliphatic rings. The molecule has 0 aromatic heterocycles. The van der Waals surface area contributed by atoms with Crippen molar-refractivity contribution in [1.29, 1.82) is 0 Å². The lowest BCUT2D eigenvalue weighted by atomic mass is 10.0. The first kappa shape index (κ1) is 11.2. The lowest BCUT2D eigenvalue weighted by Gasteiger charge is -2.22. The summed E-state index contributed by atoms with van der Waals surface area (Å²) in [6, 6.07) is 9.36. The molecule has 0 radical (unpaired) electrons. The highest BCUT2D eigenvalue weighted by molar-refractivity contribution is 5.19. The van der Waals surface area contributed by atoms with Crippen LogP contribution in [0.2, 0.25) is 0 Å². The van der Waals surface area contributed by atoms with Crippen LogP contribution in [0, 0.1) is 0 Å². The summed E-state index contributed by atoms with van der Waals surface area (Å²) in [6.07, 6.45) is -0.216. The van der Waals surface area contributed by atoms with Gasteiger partial charge in [0.05, 0.1) is 18.8 Å². The van der Waals surface area contributed by atoms with Gasteiger partial charge in [0, 0.05) is 6.61 Å². The van der Waals surface area contributed by atoms with E-state index in [0.717, 1.165) is 5.56 Å². The third-order valence-corrected chi connectivity index (χ3v) is 2.07. The Balaban J connectivity index is 2.77. The first-order chi connectivity index (χ1) is 6.79. The molecule has 3 nitrogen and oxygen atoms in total. The molecule has 0 spiro atoms. The Bertz CT molecular complexity index is 251. The second-order valence-corrected chi connectivity index (χ2v) is 3.13. The zero-order valence-corrected chi connectivity index (χ0v) is 8.39. The van der Waals surface area contributed by atoms with Crippen molar-refractivity contribution in [2.24, 2.45) is 5.73 Å². The number of hydrogen-bond acceptors (Lipinski definition) is 3. The lowest BCUT2D eigenvalue weighted by Crippen LogP contribution is -2.33. The molecule has 0 fully saturated rings. The van der Waals surface area contributed by atoms with Gasteiger partial charge < -0.3 is 15.6 Å². The van der Waals surface area contributed by atoms with Crippen LogP contribution in [0.4, 0.5) is 0 Å². The Morgan fingerprint density at radius 2 is 2.00 bits per heavy atom. The number of ether oxygens (including phenoxy) is 1.